The molecule has 0 atom stereocenters. The Kier molecular flexibility index (Phi) is 5.64. The molecule has 0 amide bonds. The van der Waals surface area contributed by atoms with Gasteiger partial charge in [0.05, 0.1) is 0 Å². The fourth-order valence-corrected chi connectivity index (χ4v) is 3.28. The topological polar surface area (TPSA) is 12.0 Å². The molecule has 0 unspecified atom stereocenters. The third-order valence-electron chi connectivity index (χ3n) is 3.70. The molecule has 1 N–H and O–H groups in total. The molecule has 4 heteroatoms. The summed E-state index contributed by atoms with van der Waals surface area (Å²) >= 11 is 1.44. The van der Waals surface area contributed by atoms with Gasteiger partial charge in [0.1, 0.15) is 11.6 Å². The molecule has 19 heavy (non-hydrogen) atoms. The van der Waals surface area contributed by atoms with Crippen LogP contribution in [0.4, 0.5) is 8.78 Å². The molecule has 0 spiro atoms. The quantitative estimate of drug-likeness (QED) is 0.642. The number of halogens is 2. The van der Waals surface area contributed by atoms with E-state index in [0.717, 1.165) is 24.3 Å². The Labute approximate surface area is 118 Å². The highest BCUT2D eigenvalue weighted by molar-refractivity contribution is 7.99. The lowest BCUT2D eigenvalue weighted by Gasteiger charge is -2.26. The molecule has 1 aromatic rings. The summed E-state index contributed by atoms with van der Waals surface area (Å²) < 4.78 is 26.1. The van der Waals surface area contributed by atoms with Crippen LogP contribution in [0.2, 0.25) is 0 Å². The highest BCUT2D eigenvalue weighted by atomic mass is 32.2. The Bertz CT molecular complexity index is 403. The Morgan fingerprint density at radius 2 is 1.95 bits per heavy atom. The molecule has 2 rings (SSSR count). The lowest BCUT2D eigenvalue weighted by Crippen LogP contribution is -2.34. The Balaban J connectivity index is 1.66. The van der Waals surface area contributed by atoms with Gasteiger partial charge in [-0.25, -0.2) is 8.78 Å². The Hall–Kier alpha value is -0.610. The van der Waals surface area contributed by atoms with Gasteiger partial charge in [-0.15, -0.1) is 11.8 Å². The van der Waals surface area contributed by atoms with Crippen molar-refractivity contribution in [2.75, 3.05) is 12.3 Å². The van der Waals surface area contributed by atoms with Crippen LogP contribution in [0.1, 0.15) is 32.6 Å². The minimum absolute atomic E-state index is 0.462. The van der Waals surface area contributed by atoms with Crippen molar-refractivity contribution in [1.29, 1.82) is 0 Å². The summed E-state index contributed by atoms with van der Waals surface area (Å²) in [5.41, 5.74) is 0. The second-order valence-electron chi connectivity index (χ2n) is 5.33. The van der Waals surface area contributed by atoms with Crippen LogP contribution < -0.4 is 5.32 Å². The molecule has 0 heterocycles. The van der Waals surface area contributed by atoms with Crippen LogP contribution in [-0.2, 0) is 0 Å². The maximum absolute atomic E-state index is 13.4. The van der Waals surface area contributed by atoms with Gasteiger partial charge in [0.15, 0.2) is 0 Å². The third kappa shape index (κ3) is 4.77. The van der Waals surface area contributed by atoms with Gasteiger partial charge in [-0.3, -0.25) is 0 Å². The summed E-state index contributed by atoms with van der Waals surface area (Å²) in [6.07, 6.45) is 5.10. The highest BCUT2D eigenvalue weighted by Crippen LogP contribution is 2.24. The van der Waals surface area contributed by atoms with Crippen molar-refractivity contribution in [2.45, 2.75) is 43.5 Å². The first-order valence-corrected chi connectivity index (χ1v) is 7.95. The minimum atomic E-state index is -0.517. The van der Waals surface area contributed by atoms with Gasteiger partial charge in [0, 0.05) is 29.3 Å². The summed E-state index contributed by atoms with van der Waals surface area (Å²) in [6.45, 7) is 3.18. The van der Waals surface area contributed by atoms with E-state index in [1.807, 2.05) is 0 Å². The molecule has 0 aliphatic heterocycles. The van der Waals surface area contributed by atoms with Crippen LogP contribution >= 0.6 is 11.8 Å². The maximum atomic E-state index is 13.4. The average Bonchev–Trinajstić information content (AvgIpc) is 2.39. The summed E-state index contributed by atoms with van der Waals surface area (Å²) in [4.78, 5) is 0.528. The number of hydrogen-bond donors (Lipinski definition) is 1. The summed E-state index contributed by atoms with van der Waals surface area (Å²) in [6, 6.07) is 4.38. The smallest absolute Gasteiger partial charge is 0.139 e. The van der Waals surface area contributed by atoms with Gasteiger partial charge in [-0.2, -0.15) is 0 Å². The Morgan fingerprint density at radius 1 is 1.21 bits per heavy atom. The van der Waals surface area contributed by atoms with Gasteiger partial charge in [-0.05, 0) is 43.7 Å². The largest absolute Gasteiger partial charge is 0.313 e. The van der Waals surface area contributed by atoms with Crippen LogP contribution in [0.15, 0.2) is 23.1 Å². The fourth-order valence-electron chi connectivity index (χ4n) is 2.48. The molecule has 1 fully saturated rings. The van der Waals surface area contributed by atoms with Crippen molar-refractivity contribution in [1.82, 2.24) is 5.32 Å². The van der Waals surface area contributed by atoms with E-state index in [2.05, 4.69) is 12.2 Å². The monoisotopic (exact) mass is 285 g/mol. The zero-order chi connectivity index (χ0) is 13.7. The van der Waals surface area contributed by atoms with Crippen LogP contribution in [0.3, 0.4) is 0 Å². The van der Waals surface area contributed by atoms with Crippen molar-refractivity contribution in [3.8, 4) is 0 Å². The zero-order valence-electron chi connectivity index (χ0n) is 11.3. The van der Waals surface area contributed by atoms with Crippen molar-refractivity contribution in [3.63, 3.8) is 0 Å². The SMILES string of the molecule is CC1CCC(NCCSc2ccc(F)cc2F)CC1. The fraction of sp³-hybridized carbons (Fsp3) is 0.600. The number of benzene rings is 1. The molecule has 0 saturated heterocycles. The molecule has 1 aliphatic rings. The van der Waals surface area contributed by atoms with E-state index in [0.29, 0.717) is 10.9 Å². The molecule has 0 radical (unpaired) electrons. The van der Waals surface area contributed by atoms with Crippen LogP contribution in [0.5, 0.6) is 0 Å². The van der Waals surface area contributed by atoms with Gasteiger partial charge >= 0.3 is 0 Å². The average molecular weight is 285 g/mol. The van der Waals surface area contributed by atoms with E-state index in [4.69, 9.17) is 0 Å². The summed E-state index contributed by atoms with van der Waals surface area (Å²) in [7, 11) is 0. The standard InChI is InChI=1S/C15H21F2NS/c1-11-2-5-13(6-3-11)18-8-9-19-15-7-4-12(16)10-14(15)17/h4,7,10-11,13,18H,2-3,5-6,8-9H2,1H3. The molecule has 0 bridgehead atoms. The van der Waals surface area contributed by atoms with Crippen molar-refractivity contribution >= 4 is 11.8 Å². The predicted molar refractivity (Wildman–Crippen MR) is 76.5 cm³/mol. The maximum Gasteiger partial charge on any atom is 0.139 e. The molecule has 1 nitrogen and oxygen atoms in total. The Morgan fingerprint density at radius 3 is 2.63 bits per heavy atom. The molecule has 1 aromatic carbocycles. The van der Waals surface area contributed by atoms with Crippen LogP contribution in [-0.4, -0.2) is 18.3 Å². The molecule has 0 aromatic heterocycles. The first-order chi connectivity index (χ1) is 9.15. The number of hydrogen-bond acceptors (Lipinski definition) is 2. The van der Waals surface area contributed by atoms with E-state index in [1.165, 1.54) is 49.6 Å². The summed E-state index contributed by atoms with van der Waals surface area (Å²) in [5.74, 6) is 0.697. The van der Waals surface area contributed by atoms with Gasteiger partial charge in [0.2, 0.25) is 0 Å². The highest BCUT2D eigenvalue weighted by Gasteiger charge is 2.17. The van der Waals surface area contributed by atoms with Crippen molar-refractivity contribution in [3.05, 3.63) is 29.8 Å². The van der Waals surface area contributed by atoms with Crippen LogP contribution in [0.25, 0.3) is 0 Å². The summed E-state index contributed by atoms with van der Waals surface area (Å²) in [5, 5.41) is 3.53. The lowest BCUT2D eigenvalue weighted by molar-refractivity contribution is 0.312. The zero-order valence-corrected chi connectivity index (χ0v) is 12.1. The van der Waals surface area contributed by atoms with Crippen LogP contribution in [0, 0.1) is 17.6 Å². The molecule has 1 aliphatic carbocycles. The van der Waals surface area contributed by atoms with Gasteiger partial charge in [-0.1, -0.05) is 6.92 Å². The number of thioether (sulfide) groups is 1. The molecular weight excluding hydrogens is 264 g/mol. The molecule has 1 saturated carbocycles. The molecule has 106 valence electrons. The van der Waals surface area contributed by atoms with E-state index in [1.54, 1.807) is 0 Å². The second-order valence-corrected chi connectivity index (χ2v) is 6.47. The predicted octanol–water partition coefficient (Wildman–Crippen LogP) is 4.23. The van der Waals surface area contributed by atoms with Gasteiger partial charge in [0.25, 0.3) is 0 Å². The van der Waals surface area contributed by atoms with E-state index >= 15 is 0 Å². The van der Waals surface area contributed by atoms with E-state index in [-0.39, 0.29) is 0 Å². The normalized spacial score (nSPS) is 23.5. The first-order valence-electron chi connectivity index (χ1n) is 6.96. The number of nitrogens with one attached hydrogen (secondary N) is 1. The lowest BCUT2D eigenvalue weighted by atomic mass is 9.87. The van der Waals surface area contributed by atoms with Gasteiger partial charge < -0.3 is 5.32 Å². The minimum Gasteiger partial charge on any atom is -0.313 e. The second kappa shape index (κ2) is 7.25. The van der Waals surface area contributed by atoms with Crippen molar-refractivity contribution in [2.24, 2.45) is 5.92 Å². The van der Waals surface area contributed by atoms with E-state index < -0.39 is 11.6 Å². The third-order valence-corrected chi connectivity index (χ3v) is 4.75. The first kappa shape index (κ1) is 14.8. The molecular formula is C15H21F2NS. The van der Waals surface area contributed by atoms with Crippen molar-refractivity contribution < 1.29 is 8.78 Å². The number of rotatable bonds is 5. The van der Waals surface area contributed by atoms with E-state index in [9.17, 15) is 8.78 Å².